The van der Waals surface area contributed by atoms with E-state index >= 15 is 0 Å². The van der Waals surface area contributed by atoms with Gasteiger partial charge in [-0.2, -0.15) is 0 Å². The van der Waals surface area contributed by atoms with E-state index in [0.29, 0.717) is 18.4 Å². The maximum atomic E-state index is 13.9. The van der Waals surface area contributed by atoms with Crippen molar-refractivity contribution in [3.8, 4) is 11.4 Å². The van der Waals surface area contributed by atoms with Gasteiger partial charge >= 0.3 is 0 Å². The molecule has 2 aromatic carbocycles. The standard InChI is InChI=1S/C25H23FN4O3/c1-15-12-16(2)24(22(13-15)30(32)33)29-23(31)8-5-6-18-19-14-17(26)9-10-20(19)28-25(18)21-7-3-4-11-27-21/h3-4,7,9-14,28H,5-6,8H2,1-2H3,(H,29,31). The van der Waals surface area contributed by atoms with Crippen LogP contribution >= 0.6 is 0 Å². The van der Waals surface area contributed by atoms with Crippen LogP contribution in [0.25, 0.3) is 22.3 Å². The maximum absolute atomic E-state index is 13.9. The summed E-state index contributed by atoms with van der Waals surface area (Å²) in [7, 11) is 0. The summed E-state index contributed by atoms with van der Waals surface area (Å²) in [5.74, 6) is -0.648. The van der Waals surface area contributed by atoms with E-state index in [9.17, 15) is 19.3 Å². The lowest BCUT2D eigenvalue weighted by atomic mass is 10.0. The third kappa shape index (κ3) is 4.74. The highest BCUT2D eigenvalue weighted by molar-refractivity contribution is 5.94. The second kappa shape index (κ2) is 9.20. The Morgan fingerprint density at radius 3 is 2.73 bits per heavy atom. The average Bonchev–Trinajstić information content (AvgIpc) is 3.13. The Bertz CT molecular complexity index is 1350. The van der Waals surface area contributed by atoms with Crippen molar-refractivity contribution in [2.24, 2.45) is 0 Å². The number of aryl methyl sites for hydroxylation is 3. The fraction of sp³-hybridized carbons (Fsp3) is 0.200. The second-order valence-corrected chi connectivity index (χ2v) is 8.02. The lowest BCUT2D eigenvalue weighted by molar-refractivity contribution is -0.384. The number of benzene rings is 2. The van der Waals surface area contributed by atoms with Gasteiger partial charge in [-0.25, -0.2) is 4.39 Å². The highest BCUT2D eigenvalue weighted by Crippen LogP contribution is 2.32. The van der Waals surface area contributed by atoms with Crippen LogP contribution in [0.3, 0.4) is 0 Å². The topological polar surface area (TPSA) is 101 Å². The van der Waals surface area contributed by atoms with Crippen LogP contribution in [0.4, 0.5) is 15.8 Å². The Morgan fingerprint density at radius 2 is 2.00 bits per heavy atom. The van der Waals surface area contributed by atoms with Gasteiger partial charge < -0.3 is 10.3 Å². The maximum Gasteiger partial charge on any atom is 0.293 e. The van der Waals surface area contributed by atoms with Gasteiger partial charge in [0.25, 0.3) is 5.69 Å². The molecule has 0 saturated heterocycles. The van der Waals surface area contributed by atoms with Crippen LogP contribution in [0, 0.1) is 29.8 Å². The fourth-order valence-electron chi connectivity index (χ4n) is 4.09. The Balaban J connectivity index is 1.54. The molecule has 0 atom stereocenters. The number of fused-ring (bicyclic) bond motifs is 1. The van der Waals surface area contributed by atoms with Gasteiger partial charge in [-0.15, -0.1) is 0 Å². The molecule has 0 aliphatic carbocycles. The number of carbonyl (C=O) groups excluding carboxylic acids is 1. The van der Waals surface area contributed by atoms with Gasteiger partial charge in [-0.1, -0.05) is 12.1 Å². The third-order valence-corrected chi connectivity index (χ3v) is 5.54. The molecular formula is C25H23FN4O3. The molecule has 0 fully saturated rings. The minimum atomic E-state index is -0.491. The van der Waals surface area contributed by atoms with Crippen molar-refractivity contribution >= 4 is 28.2 Å². The molecule has 0 aliphatic rings. The molecule has 0 saturated carbocycles. The number of aromatic amines is 1. The number of halogens is 1. The monoisotopic (exact) mass is 446 g/mol. The number of pyridine rings is 1. The van der Waals surface area contributed by atoms with Crippen molar-refractivity contribution < 1.29 is 14.1 Å². The van der Waals surface area contributed by atoms with Crippen LogP contribution in [0.1, 0.15) is 29.5 Å². The van der Waals surface area contributed by atoms with Crippen LogP contribution in [0.15, 0.2) is 54.7 Å². The molecule has 2 N–H and O–H groups in total. The molecule has 4 aromatic rings. The van der Waals surface area contributed by atoms with Crippen molar-refractivity contribution in [3.63, 3.8) is 0 Å². The lowest BCUT2D eigenvalue weighted by Crippen LogP contribution is -2.14. The summed E-state index contributed by atoms with van der Waals surface area (Å²) < 4.78 is 13.9. The zero-order valence-electron chi connectivity index (χ0n) is 18.3. The number of nitro benzene ring substituents is 1. The minimum Gasteiger partial charge on any atom is -0.353 e. The third-order valence-electron chi connectivity index (χ3n) is 5.54. The summed E-state index contributed by atoms with van der Waals surface area (Å²) in [6, 6.07) is 13.4. The van der Waals surface area contributed by atoms with E-state index in [4.69, 9.17) is 0 Å². The summed E-state index contributed by atoms with van der Waals surface area (Å²) in [5.41, 5.74) is 4.70. The molecule has 0 spiro atoms. The number of hydrogen-bond donors (Lipinski definition) is 2. The van der Waals surface area contributed by atoms with E-state index in [1.165, 1.54) is 18.2 Å². The predicted octanol–water partition coefficient (Wildman–Crippen LogP) is 5.86. The van der Waals surface area contributed by atoms with Gasteiger partial charge in [0.15, 0.2) is 0 Å². The molecular weight excluding hydrogens is 423 g/mol. The summed E-state index contributed by atoms with van der Waals surface area (Å²) in [4.78, 5) is 31.3. The van der Waals surface area contributed by atoms with E-state index in [1.807, 2.05) is 18.2 Å². The first kappa shape index (κ1) is 22.1. The number of H-pyrrole nitrogens is 1. The number of rotatable bonds is 7. The zero-order valence-corrected chi connectivity index (χ0v) is 18.3. The van der Waals surface area contributed by atoms with Crippen molar-refractivity contribution in [1.29, 1.82) is 0 Å². The first-order chi connectivity index (χ1) is 15.8. The van der Waals surface area contributed by atoms with Crippen LogP contribution in [0.2, 0.25) is 0 Å². The second-order valence-electron chi connectivity index (χ2n) is 8.02. The lowest BCUT2D eigenvalue weighted by Gasteiger charge is -2.10. The number of nitrogens with one attached hydrogen (secondary N) is 2. The normalized spacial score (nSPS) is 11.0. The van der Waals surface area contributed by atoms with Gasteiger partial charge in [0, 0.05) is 29.6 Å². The smallest absolute Gasteiger partial charge is 0.293 e. The summed E-state index contributed by atoms with van der Waals surface area (Å²) in [6.07, 6.45) is 2.84. The molecule has 0 radical (unpaired) electrons. The molecule has 2 heterocycles. The molecule has 0 bridgehead atoms. The van der Waals surface area contributed by atoms with E-state index in [-0.39, 0.29) is 29.5 Å². The summed E-state index contributed by atoms with van der Waals surface area (Å²) in [5, 5.41) is 14.9. The largest absolute Gasteiger partial charge is 0.353 e. The first-order valence-corrected chi connectivity index (χ1v) is 10.6. The number of hydrogen-bond acceptors (Lipinski definition) is 4. The van der Waals surface area contributed by atoms with Gasteiger partial charge in [-0.05, 0) is 73.7 Å². The average molecular weight is 446 g/mol. The van der Waals surface area contributed by atoms with E-state index < -0.39 is 4.92 Å². The number of nitrogens with zero attached hydrogens (tertiary/aromatic N) is 2. The number of nitro groups is 1. The highest BCUT2D eigenvalue weighted by atomic mass is 19.1. The Kier molecular flexibility index (Phi) is 6.17. The predicted molar refractivity (Wildman–Crippen MR) is 126 cm³/mol. The number of carbonyl (C=O) groups is 1. The van der Waals surface area contributed by atoms with E-state index in [2.05, 4.69) is 15.3 Å². The van der Waals surface area contributed by atoms with Crippen molar-refractivity contribution in [1.82, 2.24) is 9.97 Å². The van der Waals surface area contributed by atoms with Crippen LogP contribution < -0.4 is 5.32 Å². The number of amides is 1. The van der Waals surface area contributed by atoms with Gasteiger partial charge in [-0.3, -0.25) is 19.9 Å². The quantitative estimate of drug-likeness (QED) is 0.274. The zero-order chi connectivity index (χ0) is 23.5. The van der Waals surface area contributed by atoms with Crippen molar-refractivity contribution in [2.75, 3.05) is 5.32 Å². The summed E-state index contributed by atoms with van der Waals surface area (Å²) in [6.45, 7) is 3.50. The molecule has 33 heavy (non-hydrogen) atoms. The van der Waals surface area contributed by atoms with Gasteiger partial charge in [0.05, 0.1) is 16.3 Å². The molecule has 8 heteroatoms. The molecule has 0 unspecified atom stereocenters. The van der Waals surface area contributed by atoms with Crippen LogP contribution in [-0.4, -0.2) is 20.8 Å². The Morgan fingerprint density at radius 1 is 1.18 bits per heavy atom. The van der Waals surface area contributed by atoms with Crippen LogP contribution in [-0.2, 0) is 11.2 Å². The van der Waals surface area contributed by atoms with E-state index in [0.717, 1.165) is 33.4 Å². The van der Waals surface area contributed by atoms with E-state index in [1.54, 1.807) is 32.2 Å². The number of anilines is 1. The SMILES string of the molecule is Cc1cc(C)c(NC(=O)CCCc2c(-c3ccccn3)[nH]c3ccc(F)cc23)c([N+](=O)[O-])c1. The molecule has 2 aromatic heterocycles. The minimum absolute atomic E-state index is 0.120. The number of aromatic nitrogens is 2. The molecule has 1 amide bonds. The fourth-order valence-corrected chi connectivity index (χ4v) is 4.09. The molecule has 7 nitrogen and oxygen atoms in total. The molecule has 4 rings (SSSR count). The van der Waals surface area contributed by atoms with Crippen molar-refractivity contribution in [2.45, 2.75) is 33.1 Å². The van der Waals surface area contributed by atoms with Gasteiger partial charge in [0.2, 0.25) is 5.91 Å². The van der Waals surface area contributed by atoms with Crippen LogP contribution in [0.5, 0.6) is 0 Å². The highest BCUT2D eigenvalue weighted by Gasteiger charge is 2.20. The molecule has 0 aliphatic heterocycles. The first-order valence-electron chi connectivity index (χ1n) is 10.6. The van der Waals surface area contributed by atoms with Crippen molar-refractivity contribution in [3.05, 3.63) is 87.3 Å². The van der Waals surface area contributed by atoms with Gasteiger partial charge in [0.1, 0.15) is 11.5 Å². The molecule has 168 valence electrons. The Labute approximate surface area is 189 Å². The summed E-state index contributed by atoms with van der Waals surface area (Å²) >= 11 is 0. The Hall–Kier alpha value is -4.07.